The fourth-order valence-corrected chi connectivity index (χ4v) is 1.53. The highest BCUT2D eigenvalue weighted by Crippen LogP contribution is 2.17. The second-order valence-corrected chi connectivity index (χ2v) is 4.89. The zero-order valence-electron chi connectivity index (χ0n) is 9.08. The summed E-state index contributed by atoms with van der Waals surface area (Å²) in [5, 5.41) is 21.5. The van der Waals surface area contributed by atoms with Crippen LogP contribution in [0.5, 0.6) is 0 Å². The molecule has 0 aliphatic heterocycles. The van der Waals surface area contributed by atoms with Gasteiger partial charge in [0.2, 0.25) is 0 Å². The third-order valence-corrected chi connectivity index (χ3v) is 2.13. The zero-order valence-corrected chi connectivity index (χ0v) is 9.84. The van der Waals surface area contributed by atoms with Gasteiger partial charge in [0, 0.05) is 21.7 Å². The molecular formula is C10H15BClNO2. The molecule has 0 amide bonds. The fraction of sp³-hybridized carbons (Fsp3) is 0.400. The van der Waals surface area contributed by atoms with Gasteiger partial charge < -0.3 is 15.4 Å². The van der Waals surface area contributed by atoms with Crippen LogP contribution >= 0.6 is 11.6 Å². The van der Waals surface area contributed by atoms with Gasteiger partial charge in [-0.15, -0.1) is 0 Å². The van der Waals surface area contributed by atoms with Gasteiger partial charge in [-0.2, -0.15) is 0 Å². The van der Waals surface area contributed by atoms with Gasteiger partial charge in [-0.25, -0.2) is 0 Å². The van der Waals surface area contributed by atoms with Gasteiger partial charge in [0.1, 0.15) is 0 Å². The molecule has 5 heteroatoms. The van der Waals surface area contributed by atoms with Gasteiger partial charge in [-0.3, -0.25) is 0 Å². The number of hydrogen-bond donors (Lipinski definition) is 3. The lowest BCUT2D eigenvalue weighted by Gasteiger charge is -2.22. The minimum absolute atomic E-state index is 0.0529. The van der Waals surface area contributed by atoms with Crippen molar-refractivity contribution >= 4 is 29.9 Å². The molecule has 82 valence electrons. The quantitative estimate of drug-likeness (QED) is 0.666. The lowest BCUT2D eigenvalue weighted by molar-refractivity contribution is 0.426. The number of nitrogens with one attached hydrogen (secondary N) is 1. The lowest BCUT2D eigenvalue weighted by Crippen LogP contribution is -2.31. The van der Waals surface area contributed by atoms with E-state index < -0.39 is 7.12 Å². The number of benzene rings is 1. The maximum Gasteiger partial charge on any atom is 0.489 e. The smallest absolute Gasteiger partial charge is 0.423 e. The van der Waals surface area contributed by atoms with Crippen LogP contribution in [-0.4, -0.2) is 22.7 Å². The maximum absolute atomic E-state index is 8.98. The van der Waals surface area contributed by atoms with E-state index in [1.54, 1.807) is 18.2 Å². The van der Waals surface area contributed by atoms with E-state index in [2.05, 4.69) is 5.32 Å². The molecule has 1 aromatic rings. The Morgan fingerprint density at radius 1 is 1.27 bits per heavy atom. The van der Waals surface area contributed by atoms with Crippen molar-refractivity contribution in [3.8, 4) is 0 Å². The van der Waals surface area contributed by atoms with Crippen LogP contribution in [0.4, 0.5) is 5.69 Å². The molecule has 15 heavy (non-hydrogen) atoms. The van der Waals surface area contributed by atoms with Crippen LogP contribution in [0.3, 0.4) is 0 Å². The molecule has 0 bridgehead atoms. The first-order valence-electron chi connectivity index (χ1n) is 4.73. The second-order valence-electron chi connectivity index (χ2n) is 4.48. The summed E-state index contributed by atoms with van der Waals surface area (Å²) in [5.74, 6) is 0. The average molecular weight is 228 g/mol. The van der Waals surface area contributed by atoms with Crippen molar-refractivity contribution in [2.45, 2.75) is 26.3 Å². The molecule has 0 radical (unpaired) electrons. The van der Waals surface area contributed by atoms with E-state index in [-0.39, 0.29) is 5.54 Å². The Bertz CT molecular complexity index is 350. The monoisotopic (exact) mass is 227 g/mol. The Morgan fingerprint density at radius 2 is 1.87 bits per heavy atom. The first kappa shape index (κ1) is 12.4. The van der Waals surface area contributed by atoms with Crippen LogP contribution in [0.1, 0.15) is 20.8 Å². The van der Waals surface area contributed by atoms with Crippen LogP contribution < -0.4 is 10.8 Å². The summed E-state index contributed by atoms with van der Waals surface area (Å²) in [5.41, 5.74) is 1.12. The standard InChI is InChI=1S/C10H15BClNO2/c1-10(2,3)13-7-4-5-8(11(14)15)9(12)6-7/h4-6,13-15H,1-3H3. The molecule has 0 unspecified atom stereocenters. The Hall–Kier alpha value is -0.705. The summed E-state index contributed by atoms with van der Waals surface area (Å²) < 4.78 is 0. The molecule has 0 aromatic heterocycles. The van der Waals surface area contributed by atoms with E-state index in [1.165, 1.54) is 0 Å². The van der Waals surface area contributed by atoms with Gasteiger partial charge in [-0.05, 0) is 32.9 Å². The van der Waals surface area contributed by atoms with Crippen molar-refractivity contribution in [2.24, 2.45) is 0 Å². The molecule has 3 nitrogen and oxygen atoms in total. The molecule has 1 aromatic carbocycles. The number of anilines is 1. The predicted octanol–water partition coefficient (Wildman–Crippen LogP) is 1.23. The van der Waals surface area contributed by atoms with E-state index in [1.807, 2.05) is 20.8 Å². The van der Waals surface area contributed by atoms with Crippen molar-refractivity contribution in [1.29, 1.82) is 0 Å². The minimum atomic E-state index is -1.53. The van der Waals surface area contributed by atoms with E-state index in [0.29, 0.717) is 10.5 Å². The van der Waals surface area contributed by atoms with Crippen LogP contribution in [0.15, 0.2) is 18.2 Å². The summed E-state index contributed by atoms with van der Waals surface area (Å²) >= 11 is 5.89. The van der Waals surface area contributed by atoms with Crippen LogP contribution in [0, 0.1) is 0 Å². The topological polar surface area (TPSA) is 52.5 Å². The van der Waals surface area contributed by atoms with Crippen molar-refractivity contribution in [3.05, 3.63) is 23.2 Å². The molecule has 1 rings (SSSR count). The summed E-state index contributed by atoms with van der Waals surface area (Å²) in [4.78, 5) is 0. The van der Waals surface area contributed by atoms with E-state index >= 15 is 0 Å². The molecule has 0 atom stereocenters. The Labute approximate surface area is 95.2 Å². The van der Waals surface area contributed by atoms with Gasteiger partial charge in [-0.1, -0.05) is 17.7 Å². The lowest BCUT2D eigenvalue weighted by atomic mass is 9.80. The highest BCUT2D eigenvalue weighted by molar-refractivity contribution is 6.62. The van der Waals surface area contributed by atoms with Gasteiger partial charge in [0.05, 0.1) is 0 Å². The molecule has 0 spiro atoms. The molecule has 0 aliphatic carbocycles. The summed E-state index contributed by atoms with van der Waals surface area (Å²) in [6, 6.07) is 5.05. The molecule has 3 N–H and O–H groups in total. The Balaban J connectivity index is 2.92. The van der Waals surface area contributed by atoms with Crippen molar-refractivity contribution in [3.63, 3.8) is 0 Å². The Kier molecular flexibility index (Phi) is 3.65. The minimum Gasteiger partial charge on any atom is -0.423 e. The third kappa shape index (κ3) is 3.74. The van der Waals surface area contributed by atoms with Crippen LogP contribution in [-0.2, 0) is 0 Å². The van der Waals surface area contributed by atoms with Gasteiger partial charge in [0.15, 0.2) is 0 Å². The molecule has 0 heterocycles. The molecular weight excluding hydrogens is 212 g/mol. The average Bonchev–Trinajstić information content (AvgIpc) is 1.99. The zero-order chi connectivity index (χ0) is 11.6. The van der Waals surface area contributed by atoms with Crippen LogP contribution in [0.2, 0.25) is 5.02 Å². The molecule has 0 fully saturated rings. The normalized spacial score (nSPS) is 11.3. The van der Waals surface area contributed by atoms with Gasteiger partial charge >= 0.3 is 7.12 Å². The number of rotatable bonds is 2. The largest absolute Gasteiger partial charge is 0.489 e. The number of halogens is 1. The highest BCUT2D eigenvalue weighted by Gasteiger charge is 2.16. The third-order valence-electron chi connectivity index (χ3n) is 1.80. The Morgan fingerprint density at radius 3 is 2.27 bits per heavy atom. The van der Waals surface area contributed by atoms with E-state index in [4.69, 9.17) is 21.6 Å². The van der Waals surface area contributed by atoms with Crippen molar-refractivity contribution < 1.29 is 10.0 Å². The van der Waals surface area contributed by atoms with Crippen molar-refractivity contribution in [1.82, 2.24) is 0 Å². The second kappa shape index (κ2) is 4.43. The molecule has 0 saturated heterocycles. The molecule has 0 saturated carbocycles. The first-order chi connectivity index (χ1) is 6.79. The van der Waals surface area contributed by atoms with Gasteiger partial charge in [0.25, 0.3) is 0 Å². The summed E-state index contributed by atoms with van der Waals surface area (Å²) in [6.45, 7) is 6.11. The van der Waals surface area contributed by atoms with Crippen LogP contribution in [0.25, 0.3) is 0 Å². The molecule has 0 aliphatic rings. The number of hydrogen-bond acceptors (Lipinski definition) is 3. The fourth-order valence-electron chi connectivity index (χ4n) is 1.25. The van der Waals surface area contributed by atoms with E-state index in [0.717, 1.165) is 5.69 Å². The summed E-state index contributed by atoms with van der Waals surface area (Å²) in [7, 11) is -1.53. The first-order valence-corrected chi connectivity index (χ1v) is 5.11. The predicted molar refractivity (Wildman–Crippen MR) is 64.7 cm³/mol. The SMILES string of the molecule is CC(C)(C)Nc1ccc(B(O)O)c(Cl)c1. The van der Waals surface area contributed by atoms with Crippen molar-refractivity contribution in [2.75, 3.05) is 5.32 Å². The summed E-state index contributed by atoms with van der Waals surface area (Å²) in [6.07, 6.45) is 0. The maximum atomic E-state index is 8.98. The highest BCUT2D eigenvalue weighted by atomic mass is 35.5. The van der Waals surface area contributed by atoms with E-state index in [9.17, 15) is 0 Å².